The monoisotopic (exact) mass is 277 g/mol. The van der Waals surface area contributed by atoms with Crippen LogP contribution in [0.5, 0.6) is 0 Å². The number of carbonyl (C=O) groups is 1. The van der Waals surface area contributed by atoms with E-state index in [1.165, 1.54) is 6.08 Å². The van der Waals surface area contributed by atoms with Crippen LogP contribution in [0.15, 0.2) is 45.7 Å². The van der Waals surface area contributed by atoms with Crippen molar-refractivity contribution in [2.75, 3.05) is 6.54 Å². The van der Waals surface area contributed by atoms with Gasteiger partial charge >= 0.3 is 0 Å². The lowest BCUT2D eigenvalue weighted by Crippen LogP contribution is -2.23. The number of aliphatic hydroxyl groups is 1. The highest BCUT2D eigenvalue weighted by molar-refractivity contribution is 7.07. The summed E-state index contributed by atoms with van der Waals surface area (Å²) in [6, 6.07) is 5.41. The van der Waals surface area contributed by atoms with E-state index in [1.807, 2.05) is 16.8 Å². The summed E-state index contributed by atoms with van der Waals surface area (Å²) in [5.74, 6) is 0.433. The molecule has 0 saturated heterocycles. The molecule has 0 aliphatic rings. The van der Waals surface area contributed by atoms with Crippen LogP contribution in [0.2, 0.25) is 0 Å². The van der Waals surface area contributed by atoms with Crippen molar-refractivity contribution in [2.24, 2.45) is 0 Å². The Labute approximate surface area is 115 Å². The number of nitrogens with one attached hydrogen (secondary N) is 1. The lowest BCUT2D eigenvalue weighted by molar-refractivity contribution is -0.116. The number of amides is 1. The molecular weight excluding hydrogens is 262 g/mol. The van der Waals surface area contributed by atoms with Crippen LogP contribution in [0.1, 0.15) is 23.8 Å². The van der Waals surface area contributed by atoms with E-state index in [4.69, 9.17) is 4.42 Å². The zero-order valence-corrected chi connectivity index (χ0v) is 11.1. The molecule has 2 heterocycles. The van der Waals surface area contributed by atoms with Gasteiger partial charge in [0.15, 0.2) is 0 Å². The first kappa shape index (κ1) is 13.6. The van der Waals surface area contributed by atoms with Crippen molar-refractivity contribution in [3.63, 3.8) is 0 Å². The van der Waals surface area contributed by atoms with E-state index in [0.717, 1.165) is 5.56 Å². The molecule has 1 unspecified atom stereocenters. The van der Waals surface area contributed by atoms with Crippen LogP contribution in [0.4, 0.5) is 0 Å². The number of rotatable bonds is 6. The minimum Gasteiger partial charge on any atom is -0.465 e. The fourth-order valence-corrected chi connectivity index (χ4v) is 2.27. The maximum absolute atomic E-state index is 11.5. The largest absolute Gasteiger partial charge is 0.465 e. The highest BCUT2D eigenvalue weighted by Gasteiger charge is 2.07. The standard InChI is InChI=1S/C14H15NO3S/c16-13(11-6-9-19-10-11)5-7-15-14(17)4-3-12-2-1-8-18-12/h1-4,6,8-10,13,16H,5,7H2,(H,15,17)/b4-3+. The van der Waals surface area contributed by atoms with Crippen molar-refractivity contribution in [2.45, 2.75) is 12.5 Å². The third-order valence-corrected chi connectivity index (χ3v) is 3.29. The van der Waals surface area contributed by atoms with Crippen molar-refractivity contribution in [3.05, 3.63) is 52.6 Å². The molecule has 2 aromatic heterocycles. The number of furan rings is 1. The van der Waals surface area contributed by atoms with E-state index in [-0.39, 0.29) is 5.91 Å². The molecule has 0 aromatic carbocycles. The molecule has 100 valence electrons. The number of aliphatic hydroxyl groups excluding tert-OH is 1. The second-order valence-corrected chi connectivity index (χ2v) is 4.78. The van der Waals surface area contributed by atoms with Gasteiger partial charge in [-0.15, -0.1) is 0 Å². The molecule has 2 rings (SSSR count). The lowest BCUT2D eigenvalue weighted by atomic mass is 10.1. The Morgan fingerprint density at radius 2 is 2.42 bits per heavy atom. The van der Waals surface area contributed by atoms with Gasteiger partial charge in [0.1, 0.15) is 5.76 Å². The minimum absolute atomic E-state index is 0.200. The first-order valence-electron chi connectivity index (χ1n) is 5.95. The zero-order chi connectivity index (χ0) is 13.5. The number of carbonyl (C=O) groups excluding carboxylic acids is 1. The Morgan fingerprint density at radius 3 is 3.11 bits per heavy atom. The fraction of sp³-hybridized carbons (Fsp3) is 0.214. The van der Waals surface area contributed by atoms with Gasteiger partial charge in [-0.2, -0.15) is 11.3 Å². The quantitative estimate of drug-likeness (QED) is 0.798. The van der Waals surface area contributed by atoms with E-state index in [9.17, 15) is 9.90 Å². The number of thiophene rings is 1. The maximum Gasteiger partial charge on any atom is 0.244 e. The summed E-state index contributed by atoms with van der Waals surface area (Å²) < 4.78 is 5.07. The minimum atomic E-state index is -0.527. The van der Waals surface area contributed by atoms with Gasteiger partial charge in [0.05, 0.1) is 12.4 Å². The molecule has 0 saturated carbocycles. The molecule has 0 aliphatic carbocycles. The highest BCUT2D eigenvalue weighted by atomic mass is 32.1. The average Bonchev–Trinajstić information content (AvgIpc) is 3.09. The Hall–Kier alpha value is -1.85. The summed E-state index contributed by atoms with van der Waals surface area (Å²) in [5, 5.41) is 16.4. The first-order valence-corrected chi connectivity index (χ1v) is 6.89. The molecule has 2 aromatic rings. The van der Waals surface area contributed by atoms with Crippen molar-refractivity contribution in [1.29, 1.82) is 0 Å². The molecule has 0 bridgehead atoms. The van der Waals surface area contributed by atoms with Crippen molar-refractivity contribution in [3.8, 4) is 0 Å². The fourth-order valence-electron chi connectivity index (χ4n) is 1.57. The van der Waals surface area contributed by atoms with E-state index >= 15 is 0 Å². The van der Waals surface area contributed by atoms with Gasteiger partial charge in [-0.1, -0.05) is 0 Å². The van der Waals surface area contributed by atoms with Crippen molar-refractivity contribution < 1.29 is 14.3 Å². The van der Waals surface area contributed by atoms with Gasteiger partial charge in [-0.25, -0.2) is 0 Å². The van der Waals surface area contributed by atoms with Gasteiger partial charge in [0.2, 0.25) is 5.91 Å². The van der Waals surface area contributed by atoms with Crippen LogP contribution in [0, 0.1) is 0 Å². The third-order valence-electron chi connectivity index (χ3n) is 2.59. The van der Waals surface area contributed by atoms with Gasteiger partial charge in [-0.05, 0) is 47.0 Å². The first-order chi connectivity index (χ1) is 9.25. The van der Waals surface area contributed by atoms with Crippen LogP contribution in [0.3, 0.4) is 0 Å². The molecule has 0 aliphatic heterocycles. The van der Waals surface area contributed by atoms with Crippen LogP contribution < -0.4 is 5.32 Å². The molecule has 0 spiro atoms. The van der Waals surface area contributed by atoms with E-state index in [0.29, 0.717) is 18.7 Å². The van der Waals surface area contributed by atoms with Crippen molar-refractivity contribution >= 4 is 23.3 Å². The number of hydrogen-bond donors (Lipinski definition) is 2. The predicted molar refractivity (Wildman–Crippen MR) is 74.6 cm³/mol. The SMILES string of the molecule is O=C(/C=C/c1ccco1)NCCC(O)c1ccsc1. The lowest BCUT2D eigenvalue weighted by Gasteiger charge is -2.08. The van der Waals surface area contributed by atoms with Gasteiger partial charge in [0, 0.05) is 12.6 Å². The summed E-state index contributed by atoms with van der Waals surface area (Å²) in [4.78, 5) is 11.5. The topological polar surface area (TPSA) is 62.5 Å². The average molecular weight is 277 g/mol. The molecule has 2 N–H and O–H groups in total. The van der Waals surface area contributed by atoms with Crippen LogP contribution in [0.25, 0.3) is 6.08 Å². The highest BCUT2D eigenvalue weighted by Crippen LogP contribution is 2.18. The van der Waals surface area contributed by atoms with Gasteiger partial charge < -0.3 is 14.8 Å². The molecule has 1 amide bonds. The van der Waals surface area contributed by atoms with Gasteiger partial charge in [-0.3, -0.25) is 4.79 Å². The van der Waals surface area contributed by atoms with Crippen LogP contribution >= 0.6 is 11.3 Å². The van der Waals surface area contributed by atoms with E-state index in [2.05, 4.69) is 5.32 Å². The Kier molecular flexibility index (Phi) is 4.94. The summed E-state index contributed by atoms with van der Waals surface area (Å²) in [6.45, 7) is 0.429. The van der Waals surface area contributed by atoms with Crippen LogP contribution in [-0.2, 0) is 4.79 Å². The Balaban J connectivity index is 1.69. The Morgan fingerprint density at radius 1 is 1.53 bits per heavy atom. The van der Waals surface area contributed by atoms with Gasteiger partial charge in [0.25, 0.3) is 0 Å². The third kappa shape index (κ3) is 4.39. The molecule has 5 heteroatoms. The second-order valence-electron chi connectivity index (χ2n) is 4.00. The van der Waals surface area contributed by atoms with E-state index in [1.54, 1.807) is 35.8 Å². The smallest absolute Gasteiger partial charge is 0.244 e. The second kappa shape index (κ2) is 6.92. The van der Waals surface area contributed by atoms with Crippen molar-refractivity contribution in [1.82, 2.24) is 5.32 Å². The summed E-state index contributed by atoms with van der Waals surface area (Å²) in [5.41, 5.74) is 0.894. The van der Waals surface area contributed by atoms with E-state index < -0.39 is 6.10 Å². The zero-order valence-electron chi connectivity index (χ0n) is 10.3. The summed E-state index contributed by atoms with van der Waals surface area (Å²) in [6.07, 6.45) is 4.53. The normalized spacial score (nSPS) is 12.7. The Bertz CT molecular complexity index is 517. The molecule has 19 heavy (non-hydrogen) atoms. The molecule has 1 atom stereocenters. The van der Waals surface area contributed by atoms with Crippen LogP contribution in [-0.4, -0.2) is 17.6 Å². The summed E-state index contributed by atoms with van der Waals surface area (Å²) >= 11 is 1.55. The predicted octanol–water partition coefficient (Wildman–Crippen LogP) is 2.59. The number of hydrogen-bond acceptors (Lipinski definition) is 4. The maximum atomic E-state index is 11.5. The summed E-state index contributed by atoms with van der Waals surface area (Å²) in [7, 11) is 0. The molecule has 0 fully saturated rings. The molecule has 0 radical (unpaired) electrons. The molecular formula is C14H15NO3S. The molecule has 4 nitrogen and oxygen atoms in total.